The molecule has 0 amide bonds. The Morgan fingerprint density at radius 2 is 2.29 bits per heavy atom. The molecule has 2 nitrogen and oxygen atoms in total. The summed E-state index contributed by atoms with van der Waals surface area (Å²) in [5, 5.41) is 2.10. The fourth-order valence-corrected chi connectivity index (χ4v) is 1.70. The first-order valence-corrected chi connectivity index (χ1v) is 5.07. The summed E-state index contributed by atoms with van der Waals surface area (Å²) in [5.41, 5.74) is 6.05. The number of hydrogen-bond acceptors (Lipinski definition) is 2. The fraction of sp³-hybridized carbons (Fsp3) is 0.333. The van der Waals surface area contributed by atoms with Crippen LogP contribution in [0.15, 0.2) is 36.5 Å². The second kappa shape index (κ2) is 3.84. The molecule has 0 aliphatic carbocycles. The average molecular weight is 188 g/mol. The van der Waals surface area contributed by atoms with Crippen molar-refractivity contribution in [3.05, 3.63) is 47.7 Å². The summed E-state index contributed by atoms with van der Waals surface area (Å²) < 4.78 is 0. The normalized spacial score (nSPS) is 20.4. The average Bonchev–Trinajstić information content (AvgIpc) is 2.66. The van der Waals surface area contributed by atoms with Gasteiger partial charge in [-0.05, 0) is 25.5 Å². The Morgan fingerprint density at radius 3 is 2.93 bits per heavy atom. The van der Waals surface area contributed by atoms with E-state index in [-0.39, 0.29) is 0 Å². The number of hydrazine groups is 1. The highest BCUT2D eigenvalue weighted by atomic mass is 15.5. The molecular formula is C12H16N2. The number of hydrogen-bond donors (Lipinski definition) is 1. The highest BCUT2D eigenvalue weighted by Crippen LogP contribution is 2.20. The van der Waals surface area contributed by atoms with Crippen LogP contribution < -0.4 is 5.43 Å². The van der Waals surface area contributed by atoms with E-state index in [1.807, 2.05) is 0 Å². The van der Waals surface area contributed by atoms with Crippen LogP contribution in [0.1, 0.15) is 24.1 Å². The van der Waals surface area contributed by atoms with E-state index in [1.165, 1.54) is 11.1 Å². The van der Waals surface area contributed by atoms with E-state index >= 15 is 0 Å². The summed E-state index contributed by atoms with van der Waals surface area (Å²) in [6.45, 7) is 5.26. The van der Waals surface area contributed by atoms with Crippen molar-refractivity contribution in [3.8, 4) is 0 Å². The lowest BCUT2D eigenvalue weighted by atomic mass is 10.1. The molecule has 0 radical (unpaired) electrons. The van der Waals surface area contributed by atoms with E-state index in [0.29, 0.717) is 6.04 Å². The predicted molar refractivity (Wildman–Crippen MR) is 58.6 cm³/mol. The molecule has 1 unspecified atom stereocenters. The Morgan fingerprint density at radius 1 is 1.43 bits per heavy atom. The van der Waals surface area contributed by atoms with Gasteiger partial charge in [-0.3, -0.25) is 0 Å². The van der Waals surface area contributed by atoms with E-state index in [1.54, 1.807) is 0 Å². The van der Waals surface area contributed by atoms with Gasteiger partial charge in [0.1, 0.15) is 0 Å². The van der Waals surface area contributed by atoms with Crippen molar-refractivity contribution in [2.75, 3.05) is 6.54 Å². The third kappa shape index (κ3) is 1.80. The van der Waals surface area contributed by atoms with Crippen molar-refractivity contribution < 1.29 is 0 Å². The number of benzene rings is 1. The van der Waals surface area contributed by atoms with Crippen LogP contribution in [0.5, 0.6) is 0 Å². The van der Waals surface area contributed by atoms with Gasteiger partial charge in [0.05, 0.1) is 6.04 Å². The molecular weight excluding hydrogens is 172 g/mol. The topological polar surface area (TPSA) is 15.3 Å². The quantitative estimate of drug-likeness (QED) is 0.766. The maximum Gasteiger partial charge on any atom is 0.0710 e. The van der Waals surface area contributed by atoms with Crippen molar-refractivity contribution in [1.29, 1.82) is 0 Å². The Hall–Kier alpha value is -1.28. The molecule has 1 aliphatic rings. The van der Waals surface area contributed by atoms with Crippen LogP contribution in [0.2, 0.25) is 0 Å². The molecule has 1 aliphatic heterocycles. The smallest absolute Gasteiger partial charge is 0.0710 e. The van der Waals surface area contributed by atoms with E-state index in [4.69, 9.17) is 0 Å². The van der Waals surface area contributed by atoms with Crippen molar-refractivity contribution in [3.63, 3.8) is 0 Å². The van der Waals surface area contributed by atoms with Gasteiger partial charge in [-0.2, -0.15) is 0 Å². The molecule has 0 saturated heterocycles. The Bertz CT molecular complexity index is 344. The van der Waals surface area contributed by atoms with Crippen molar-refractivity contribution in [2.45, 2.75) is 19.9 Å². The van der Waals surface area contributed by atoms with Crippen LogP contribution in [0.25, 0.3) is 0 Å². The van der Waals surface area contributed by atoms with Gasteiger partial charge in [0, 0.05) is 12.7 Å². The van der Waals surface area contributed by atoms with E-state index in [9.17, 15) is 0 Å². The first-order chi connectivity index (χ1) is 6.79. The maximum atomic E-state index is 3.41. The van der Waals surface area contributed by atoms with Crippen LogP contribution in [-0.2, 0) is 0 Å². The van der Waals surface area contributed by atoms with E-state index in [2.05, 4.69) is 60.8 Å². The zero-order valence-corrected chi connectivity index (χ0v) is 8.70. The lowest BCUT2D eigenvalue weighted by Crippen LogP contribution is -2.30. The van der Waals surface area contributed by atoms with Crippen LogP contribution in [0.4, 0.5) is 0 Å². The zero-order chi connectivity index (χ0) is 9.97. The lowest BCUT2D eigenvalue weighted by molar-refractivity contribution is 0.290. The van der Waals surface area contributed by atoms with Gasteiger partial charge < -0.3 is 5.01 Å². The summed E-state index contributed by atoms with van der Waals surface area (Å²) in [6, 6.07) is 8.96. The molecule has 0 bridgehead atoms. The molecule has 2 rings (SSSR count). The maximum absolute atomic E-state index is 3.41. The SMILES string of the molecule is CCN1C=CC(c2cccc(C)c2)N1. The predicted octanol–water partition coefficient (Wildman–Crippen LogP) is 2.39. The molecule has 0 fully saturated rings. The van der Waals surface area contributed by atoms with Gasteiger partial charge in [-0.15, -0.1) is 0 Å². The summed E-state index contributed by atoms with van der Waals surface area (Å²) in [6.07, 6.45) is 4.30. The van der Waals surface area contributed by atoms with Gasteiger partial charge in [0.15, 0.2) is 0 Å². The third-order valence-corrected chi connectivity index (χ3v) is 2.51. The summed E-state index contributed by atoms with van der Waals surface area (Å²) in [4.78, 5) is 0. The van der Waals surface area contributed by atoms with Crippen molar-refractivity contribution >= 4 is 0 Å². The molecule has 0 spiro atoms. The van der Waals surface area contributed by atoms with Crippen LogP contribution in [0, 0.1) is 6.92 Å². The van der Waals surface area contributed by atoms with Gasteiger partial charge >= 0.3 is 0 Å². The minimum atomic E-state index is 0.342. The second-order valence-corrected chi connectivity index (χ2v) is 3.65. The molecule has 1 aromatic rings. The van der Waals surface area contributed by atoms with Crippen molar-refractivity contribution in [1.82, 2.24) is 10.4 Å². The van der Waals surface area contributed by atoms with Gasteiger partial charge in [-0.1, -0.05) is 29.8 Å². The summed E-state index contributed by atoms with van der Waals surface area (Å²) in [7, 11) is 0. The highest BCUT2D eigenvalue weighted by molar-refractivity contribution is 5.28. The molecule has 1 N–H and O–H groups in total. The van der Waals surface area contributed by atoms with Crippen molar-refractivity contribution in [2.24, 2.45) is 0 Å². The van der Waals surface area contributed by atoms with Gasteiger partial charge in [-0.25, -0.2) is 5.43 Å². The van der Waals surface area contributed by atoms with Gasteiger partial charge in [0.25, 0.3) is 0 Å². The fourth-order valence-electron chi connectivity index (χ4n) is 1.70. The number of aryl methyl sites for hydroxylation is 1. The minimum Gasteiger partial charge on any atom is -0.315 e. The second-order valence-electron chi connectivity index (χ2n) is 3.65. The molecule has 74 valence electrons. The lowest BCUT2D eigenvalue weighted by Gasteiger charge is -2.18. The van der Waals surface area contributed by atoms with E-state index < -0.39 is 0 Å². The Balaban J connectivity index is 2.14. The molecule has 0 aromatic heterocycles. The molecule has 0 saturated carbocycles. The minimum absolute atomic E-state index is 0.342. The first-order valence-electron chi connectivity index (χ1n) is 5.07. The standard InChI is InChI=1S/C12H16N2/c1-3-14-8-7-12(13-14)11-6-4-5-10(2)9-11/h4-9,12-13H,3H2,1-2H3. The number of nitrogens with zero attached hydrogens (tertiary/aromatic N) is 1. The molecule has 14 heavy (non-hydrogen) atoms. The Kier molecular flexibility index (Phi) is 2.55. The first kappa shape index (κ1) is 9.28. The molecule has 1 atom stereocenters. The molecule has 1 aromatic carbocycles. The zero-order valence-electron chi connectivity index (χ0n) is 8.70. The molecule has 1 heterocycles. The van der Waals surface area contributed by atoms with Crippen LogP contribution >= 0.6 is 0 Å². The summed E-state index contributed by atoms with van der Waals surface area (Å²) >= 11 is 0. The van der Waals surface area contributed by atoms with Crippen LogP contribution in [0.3, 0.4) is 0 Å². The summed E-state index contributed by atoms with van der Waals surface area (Å²) in [5.74, 6) is 0. The highest BCUT2D eigenvalue weighted by Gasteiger charge is 2.14. The Labute approximate surface area is 85.2 Å². The van der Waals surface area contributed by atoms with Crippen LogP contribution in [-0.4, -0.2) is 11.6 Å². The van der Waals surface area contributed by atoms with E-state index in [0.717, 1.165) is 6.54 Å². The van der Waals surface area contributed by atoms with Gasteiger partial charge in [0.2, 0.25) is 0 Å². The third-order valence-electron chi connectivity index (χ3n) is 2.51. The largest absolute Gasteiger partial charge is 0.315 e. The molecule has 2 heteroatoms. The number of nitrogens with one attached hydrogen (secondary N) is 1. The monoisotopic (exact) mass is 188 g/mol. The number of rotatable bonds is 2.